The third kappa shape index (κ3) is 7.39. The molecule has 1 aliphatic heterocycles. The van der Waals surface area contributed by atoms with Gasteiger partial charge in [-0.05, 0) is 25.0 Å². The first-order valence-electron chi connectivity index (χ1n) is 8.72. The Kier molecular flexibility index (Phi) is 10.3. The summed E-state index contributed by atoms with van der Waals surface area (Å²) in [6, 6.07) is 0. The molecule has 1 aliphatic rings. The highest BCUT2D eigenvalue weighted by Gasteiger charge is 2.41. The first-order valence-corrected chi connectivity index (χ1v) is 9.77. The predicted octanol–water partition coefficient (Wildman–Crippen LogP) is 3.47. The molecule has 0 aromatic carbocycles. The standard InChI is InChI=1S/C18H27NO4S/c1-3-5-7-9-11-13-24-15-14-16(20)19(18(15)22)23-17(21)12-10-8-6-4-2/h2,15H,3,5-14H2,1H3. The number of imide groups is 1. The van der Waals surface area contributed by atoms with Crippen molar-refractivity contribution in [3.63, 3.8) is 0 Å². The SMILES string of the molecule is C#CCCCCC(=O)ON1C(=O)CC(SCCCCCCC)C1=O. The lowest BCUT2D eigenvalue weighted by atomic mass is 10.2. The highest BCUT2D eigenvalue weighted by Crippen LogP contribution is 2.26. The van der Waals surface area contributed by atoms with E-state index in [-0.39, 0.29) is 12.8 Å². The number of hydroxylamine groups is 2. The van der Waals surface area contributed by atoms with Crippen LogP contribution in [0.2, 0.25) is 0 Å². The number of carbonyl (C=O) groups excluding carboxylic acids is 3. The summed E-state index contributed by atoms with van der Waals surface area (Å²) in [4.78, 5) is 40.7. The molecule has 0 saturated carbocycles. The van der Waals surface area contributed by atoms with Gasteiger partial charge in [-0.15, -0.1) is 29.2 Å². The Morgan fingerprint density at radius 2 is 2.00 bits per heavy atom. The zero-order valence-corrected chi connectivity index (χ0v) is 15.2. The Labute approximate surface area is 148 Å². The molecule has 2 amide bonds. The maximum Gasteiger partial charge on any atom is 0.333 e. The van der Waals surface area contributed by atoms with Gasteiger partial charge in [-0.2, -0.15) is 0 Å². The van der Waals surface area contributed by atoms with Crippen molar-refractivity contribution < 1.29 is 19.2 Å². The summed E-state index contributed by atoms with van der Waals surface area (Å²) < 4.78 is 0. The van der Waals surface area contributed by atoms with Crippen LogP contribution in [0.25, 0.3) is 0 Å². The first kappa shape index (κ1) is 20.6. The fourth-order valence-corrected chi connectivity index (χ4v) is 3.54. The van der Waals surface area contributed by atoms with Gasteiger partial charge in [0.1, 0.15) is 0 Å². The molecule has 1 heterocycles. The number of nitrogens with zero attached hydrogens (tertiary/aromatic N) is 1. The average Bonchev–Trinajstić information content (AvgIpc) is 2.82. The van der Waals surface area contributed by atoms with E-state index < -0.39 is 23.0 Å². The van der Waals surface area contributed by atoms with Crippen molar-refractivity contribution >= 4 is 29.5 Å². The second kappa shape index (κ2) is 12.0. The molecule has 0 aliphatic carbocycles. The number of hydrogen-bond donors (Lipinski definition) is 0. The molecular formula is C18H27NO4S. The Balaban J connectivity index is 2.27. The quantitative estimate of drug-likeness (QED) is 0.305. The lowest BCUT2D eigenvalue weighted by molar-refractivity contribution is -0.197. The van der Waals surface area contributed by atoms with E-state index in [0.29, 0.717) is 17.9 Å². The summed E-state index contributed by atoms with van der Waals surface area (Å²) in [5, 5.41) is 0.232. The van der Waals surface area contributed by atoms with Crippen molar-refractivity contribution in [3.05, 3.63) is 0 Å². The summed E-state index contributed by atoms with van der Waals surface area (Å²) >= 11 is 1.48. The normalized spacial score (nSPS) is 17.2. The summed E-state index contributed by atoms with van der Waals surface area (Å²) in [5.41, 5.74) is 0. The molecule has 6 heteroatoms. The van der Waals surface area contributed by atoms with Crippen molar-refractivity contribution in [1.82, 2.24) is 5.06 Å². The van der Waals surface area contributed by atoms with Gasteiger partial charge < -0.3 is 4.84 Å². The van der Waals surface area contributed by atoms with Crippen LogP contribution in [-0.2, 0) is 19.2 Å². The molecule has 1 rings (SSSR count). The van der Waals surface area contributed by atoms with Crippen molar-refractivity contribution in [3.8, 4) is 12.3 Å². The van der Waals surface area contributed by atoms with Crippen LogP contribution in [0.1, 0.15) is 71.1 Å². The molecule has 1 unspecified atom stereocenters. The van der Waals surface area contributed by atoms with Crippen molar-refractivity contribution in [2.24, 2.45) is 0 Å². The van der Waals surface area contributed by atoms with E-state index in [1.54, 1.807) is 0 Å². The molecule has 1 atom stereocenters. The number of carbonyl (C=O) groups is 3. The van der Waals surface area contributed by atoms with Crippen LogP contribution >= 0.6 is 11.8 Å². The van der Waals surface area contributed by atoms with Gasteiger partial charge in [0, 0.05) is 12.8 Å². The maximum absolute atomic E-state index is 12.2. The van der Waals surface area contributed by atoms with E-state index in [1.807, 2.05) is 0 Å². The highest BCUT2D eigenvalue weighted by atomic mass is 32.2. The lowest BCUT2D eigenvalue weighted by Crippen LogP contribution is -2.34. The van der Waals surface area contributed by atoms with E-state index in [1.165, 1.54) is 31.0 Å². The van der Waals surface area contributed by atoms with Gasteiger partial charge in [0.05, 0.1) is 11.7 Å². The number of unbranched alkanes of at least 4 members (excludes halogenated alkanes) is 6. The van der Waals surface area contributed by atoms with Crippen molar-refractivity contribution in [2.45, 2.75) is 76.4 Å². The van der Waals surface area contributed by atoms with Crippen LogP contribution in [0.5, 0.6) is 0 Å². The molecular weight excluding hydrogens is 326 g/mol. The predicted molar refractivity (Wildman–Crippen MR) is 94.9 cm³/mol. The molecule has 1 fully saturated rings. The highest BCUT2D eigenvalue weighted by molar-refractivity contribution is 8.00. The van der Waals surface area contributed by atoms with E-state index in [0.717, 1.165) is 25.0 Å². The number of thioether (sulfide) groups is 1. The number of amides is 2. The van der Waals surface area contributed by atoms with Gasteiger partial charge in [0.25, 0.3) is 11.8 Å². The first-order chi connectivity index (χ1) is 11.6. The fourth-order valence-electron chi connectivity index (χ4n) is 2.38. The van der Waals surface area contributed by atoms with Crippen LogP contribution in [-0.4, -0.2) is 33.8 Å². The molecule has 24 heavy (non-hydrogen) atoms. The second-order valence-electron chi connectivity index (χ2n) is 5.88. The summed E-state index contributed by atoms with van der Waals surface area (Å²) in [7, 11) is 0. The van der Waals surface area contributed by atoms with Crippen LogP contribution in [0.15, 0.2) is 0 Å². The maximum atomic E-state index is 12.2. The van der Waals surface area contributed by atoms with Gasteiger partial charge in [-0.25, -0.2) is 4.79 Å². The molecule has 134 valence electrons. The minimum atomic E-state index is -0.557. The zero-order valence-electron chi connectivity index (χ0n) is 14.4. The Bertz CT molecular complexity index is 472. The number of terminal acetylenes is 1. The summed E-state index contributed by atoms with van der Waals surface area (Å²) in [6.07, 6.45) is 13.2. The van der Waals surface area contributed by atoms with Gasteiger partial charge in [0.15, 0.2) is 0 Å². The summed E-state index contributed by atoms with van der Waals surface area (Å²) in [6.45, 7) is 2.17. The minimum absolute atomic E-state index is 0.114. The number of hydrogen-bond acceptors (Lipinski definition) is 5. The zero-order chi connectivity index (χ0) is 17.8. The van der Waals surface area contributed by atoms with Crippen molar-refractivity contribution in [2.75, 3.05) is 5.75 Å². The fraction of sp³-hybridized carbons (Fsp3) is 0.722. The topological polar surface area (TPSA) is 63.7 Å². The largest absolute Gasteiger partial charge is 0.333 e. The van der Waals surface area contributed by atoms with Gasteiger partial charge >= 0.3 is 5.97 Å². The van der Waals surface area contributed by atoms with Gasteiger partial charge in [-0.1, -0.05) is 32.6 Å². The number of rotatable bonds is 12. The molecule has 0 N–H and O–H groups in total. The molecule has 0 radical (unpaired) electrons. The average molecular weight is 353 g/mol. The molecule has 0 aromatic heterocycles. The second-order valence-corrected chi connectivity index (χ2v) is 7.19. The van der Waals surface area contributed by atoms with Crippen LogP contribution in [0, 0.1) is 12.3 Å². The minimum Gasteiger partial charge on any atom is -0.330 e. The van der Waals surface area contributed by atoms with Crippen LogP contribution < -0.4 is 0 Å². The van der Waals surface area contributed by atoms with Crippen LogP contribution in [0.4, 0.5) is 0 Å². The monoisotopic (exact) mass is 353 g/mol. The van der Waals surface area contributed by atoms with Gasteiger partial charge in [-0.3, -0.25) is 9.59 Å². The Hall–Kier alpha value is -1.48. The Morgan fingerprint density at radius 3 is 2.71 bits per heavy atom. The molecule has 0 bridgehead atoms. The smallest absolute Gasteiger partial charge is 0.330 e. The van der Waals surface area contributed by atoms with E-state index >= 15 is 0 Å². The Morgan fingerprint density at radius 1 is 1.25 bits per heavy atom. The molecule has 5 nitrogen and oxygen atoms in total. The molecule has 0 spiro atoms. The third-order valence-electron chi connectivity index (χ3n) is 3.77. The lowest BCUT2D eigenvalue weighted by Gasteiger charge is -2.13. The van der Waals surface area contributed by atoms with E-state index in [9.17, 15) is 14.4 Å². The van der Waals surface area contributed by atoms with E-state index in [4.69, 9.17) is 11.3 Å². The molecule has 0 aromatic rings. The summed E-state index contributed by atoms with van der Waals surface area (Å²) in [5.74, 6) is 1.95. The third-order valence-corrected chi connectivity index (χ3v) is 5.07. The molecule has 1 saturated heterocycles. The van der Waals surface area contributed by atoms with Crippen LogP contribution in [0.3, 0.4) is 0 Å². The van der Waals surface area contributed by atoms with E-state index in [2.05, 4.69) is 12.8 Å². The van der Waals surface area contributed by atoms with Crippen molar-refractivity contribution in [1.29, 1.82) is 0 Å². The van der Waals surface area contributed by atoms with Gasteiger partial charge in [0.2, 0.25) is 0 Å².